The zero-order valence-corrected chi connectivity index (χ0v) is 12.7. The minimum Gasteiger partial charge on any atom is -0.467 e. The van der Waals surface area contributed by atoms with E-state index in [0.717, 1.165) is 48.6 Å². The van der Waals surface area contributed by atoms with Gasteiger partial charge in [-0.1, -0.05) is 0 Å². The van der Waals surface area contributed by atoms with E-state index in [9.17, 15) is 0 Å². The molecule has 1 aliphatic heterocycles. The van der Waals surface area contributed by atoms with Crippen LogP contribution < -0.4 is 10.5 Å². The van der Waals surface area contributed by atoms with E-state index in [1.54, 1.807) is 0 Å². The van der Waals surface area contributed by atoms with E-state index in [-0.39, 0.29) is 0 Å². The number of hydrogen-bond acceptors (Lipinski definition) is 5. The number of fused-ring (bicyclic) bond motifs is 1. The molecule has 2 rings (SSSR count). The van der Waals surface area contributed by atoms with Crippen LogP contribution in [0.3, 0.4) is 0 Å². The Kier molecular flexibility index (Phi) is 5.23. The molecular weight excluding hydrogens is 254 g/mol. The summed E-state index contributed by atoms with van der Waals surface area (Å²) in [4.78, 5) is 4.51. The van der Waals surface area contributed by atoms with Crippen LogP contribution in [-0.4, -0.2) is 50.8 Å². The van der Waals surface area contributed by atoms with Crippen molar-refractivity contribution in [3.05, 3.63) is 23.3 Å². The molecule has 0 spiro atoms. The number of rotatable bonds is 6. The summed E-state index contributed by atoms with van der Waals surface area (Å²) >= 11 is 0. The smallest absolute Gasteiger partial charge is 0.189 e. The molecule has 0 saturated carbocycles. The summed E-state index contributed by atoms with van der Waals surface area (Å²) in [5.74, 6) is 0.949. The minimum atomic E-state index is 0.328. The average molecular weight is 279 g/mol. The van der Waals surface area contributed by atoms with Crippen LogP contribution in [0, 0.1) is 0 Å². The molecule has 112 valence electrons. The van der Waals surface area contributed by atoms with Gasteiger partial charge in [0, 0.05) is 23.4 Å². The second kappa shape index (κ2) is 6.92. The van der Waals surface area contributed by atoms with Gasteiger partial charge in [-0.3, -0.25) is 0 Å². The molecule has 1 heterocycles. The van der Waals surface area contributed by atoms with Crippen LogP contribution in [0.25, 0.3) is 0 Å². The molecule has 5 heteroatoms. The van der Waals surface area contributed by atoms with E-state index in [4.69, 9.17) is 15.2 Å². The monoisotopic (exact) mass is 279 g/mol. The summed E-state index contributed by atoms with van der Waals surface area (Å²) in [6.07, 6.45) is 1.15. The minimum absolute atomic E-state index is 0.328. The lowest BCUT2D eigenvalue weighted by Gasteiger charge is -2.24. The number of ether oxygens (including phenoxy) is 2. The molecule has 0 radical (unpaired) electrons. The van der Waals surface area contributed by atoms with Gasteiger partial charge in [-0.25, -0.2) is 0 Å². The number of nitrogens with two attached hydrogens (primary N) is 1. The first-order valence-electron chi connectivity index (χ1n) is 7.01. The van der Waals surface area contributed by atoms with Crippen LogP contribution in [0.2, 0.25) is 0 Å². The molecule has 0 bridgehead atoms. The molecule has 0 atom stereocenters. The lowest BCUT2D eigenvalue weighted by atomic mass is 10.1. The Hall–Kier alpha value is -1.30. The van der Waals surface area contributed by atoms with E-state index in [1.165, 1.54) is 0 Å². The fraction of sp³-hybridized carbons (Fsp3) is 0.600. The molecule has 5 nitrogen and oxygen atoms in total. The quantitative estimate of drug-likeness (QED) is 0.800. The summed E-state index contributed by atoms with van der Waals surface area (Å²) in [5.41, 5.74) is 8.93. The third-order valence-electron chi connectivity index (χ3n) is 3.39. The van der Waals surface area contributed by atoms with Crippen LogP contribution in [-0.2, 0) is 17.9 Å². The fourth-order valence-electron chi connectivity index (χ4n) is 2.47. The van der Waals surface area contributed by atoms with Crippen molar-refractivity contribution in [3.63, 3.8) is 0 Å². The summed E-state index contributed by atoms with van der Waals surface area (Å²) in [7, 11) is 6.33. The second-order valence-electron chi connectivity index (χ2n) is 5.67. The Balaban J connectivity index is 1.99. The predicted molar refractivity (Wildman–Crippen MR) is 80.6 cm³/mol. The third-order valence-corrected chi connectivity index (χ3v) is 3.39. The SMILES string of the molecule is CN(C)CCCN(C)Cc1cc(N)cc2c1OCOC2. The van der Waals surface area contributed by atoms with Gasteiger partial charge < -0.3 is 25.0 Å². The Morgan fingerprint density at radius 3 is 2.75 bits per heavy atom. The summed E-state index contributed by atoms with van der Waals surface area (Å²) in [6, 6.07) is 3.94. The molecule has 0 aliphatic carbocycles. The van der Waals surface area contributed by atoms with Gasteiger partial charge in [0.25, 0.3) is 0 Å². The molecule has 0 aromatic heterocycles. The topological polar surface area (TPSA) is 51.0 Å². The highest BCUT2D eigenvalue weighted by atomic mass is 16.7. The van der Waals surface area contributed by atoms with Crippen LogP contribution in [0.5, 0.6) is 5.75 Å². The first kappa shape index (κ1) is 15.1. The standard InChI is InChI=1S/C15H25N3O2/c1-17(2)5-4-6-18(3)9-12-7-14(16)8-13-10-19-11-20-15(12)13/h7-8H,4-6,9-11,16H2,1-3H3. The molecule has 0 saturated heterocycles. The van der Waals surface area contributed by atoms with Crippen molar-refractivity contribution in [2.24, 2.45) is 0 Å². The second-order valence-corrected chi connectivity index (χ2v) is 5.67. The zero-order chi connectivity index (χ0) is 14.5. The highest BCUT2D eigenvalue weighted by Crippen LogP contribution is 2.31. The van der Waals surface area contributed by atoms with E-state index in [1.807, 2.05) is 12.1 Å². The normalized spacial score (nSPS) is 14.4. The highest BCUT2D eigenvalue weighted by molar-refractivity contribution is 5.53. The van der Waals surface area contributed by atoms with Gasteiger partial charge in [-0.05, 0) is 52.8 Å². The van der Waals surface area contributed by atoms with Gasteiger partial charge in [0.1, 0.15) is 5.75 Å². The van der Waals surface area contributed by atoms with Crippen molar-refractivity contribution >= 4 is 5.69 Å². The van der Waals surface area contributed by atoms with Gasteiger partial charge in [-0.2, -0.15) is 0 Å². The van der Waals surface area contributed by atoms with Crippen molar-refractivity contribution in [2.75, 3.05) is 46.8 Å². The molecule has 1 aromatic carbocycles. The van der Waals surface area contributed by atoms with Gasteiger partial charge in [0.15, 0.2) is 6.79 Å². The maximum atomic E-state index is 5.96. The summed E-state index contributed by atoms with van der Waals surface area (Å²) in [5, 5.41) is 0. The van der Waals surface area contributed by atoms with E-state index in [2.05, 4.69) is 30.9 Å². The lowest BCUT2D eigenvalue weighted by Crippen LogP contribution is -2.24. The van der Waals surface area contributed by atoms with Gasteiger partial charge >= 0.3 is 0 Å². The van der Waals surface area contributed by atoms with Crippen molar-refractivity contribution in [1.29, 1.82) is 0 Å². The number of anilines is 1. The van der Waals surface area contributed by atoms with Crippen molar-refractivity contribution < 1.29 is 9.47 Å². The van der Waals surface area contributed by atoms with Crippen molar-refractivity contribution in [1.82, 2.24) is 9.80 Å². The van der Waals surface area contributed by atoms with Crippen LogP contribution >= 0.6 is 0 Å². The first-order valence-corrected chi connectivity index (χ1v) is 7.01. The molecule has 1 aromatic rings. The Morgan fingerprint density at radius 1 is 1.20 bits per heavy atom. The van der Waals surface area contributed by atoms with Crippen molar-refractivity contribution in [3.8, 4) is 5.75 Å². The average Bonchev–Trinajstić information content (AvgIpc) is 2.38. The molecule has 1 aliphatic rings. The van der Waals surface area contributed by atoms with E-state index in [0.29, 0.717) is 13.4 Å². The number of nitrogen functional groups attached to an aromatic ring is 1. The Bertz CT molecular complexity index is 449. The fourth-order valence-corrected chi connectivity index (χ4v) is 2.47. The maximum Gasteiger partial charge on any atom is 0.189 e. The Labute approximate surface area is 121 Å². The van der Waals surface area contributed by atoms with Crippen molar-refractivity contribution in [2.45, 2.75) is 19.6 Å². The van der Waals surface area contributed by atoms with Crippen LogP contribution in [0.4, 0.5) is 5.69 Å². The molecule has 0 fully saturated rings. The predicted octanol–water partition coefficient (Wildman–Crippen LogP) is 1.52. The zero-order valence-electron chi connectivity index (χ0n) is 12.7. The molecule has 0 amide bonds. The molecule has 20 heavy (non-hydrogen) atoms. The molecule has 0 unspecified atom stereocenters. The summed E-state index contributed by atoms with van der Waals surface area (Å²) < 4.78 is 10.9. The maximum absolute atomic E-state index is 5.96. The first-order chi connectivity index (χ1) is 9.56. The summed E-state index contributed by atoms with van der Waals surface area (Å²) in [6.45, 7) is 3.91. The van der Waals surface area contributed by atoms with Gasteiger partial charge in [-0.15, -0.1) is 0 Å². The van der Waals surface area contributed by atoms with Crippen LogP contribution in [0.1, 0.15) is 17.5 Å². The number of nitrogens with zero attached hydrogens (tertiary/aromatic N) is 2. The van der Waals surface area contributed by atoms with E-state index >= 15 is 0 Å². The Morgan fingerprint density at radius 2 is 2.00 bits per heavy atom. The van der Waals surface area contributed by atoms with Crippen LogP contribution in [0.15, 0.2) is 12.1 Å². The largest absolute Gasteiger partial charge is 0.467 e. The molecule has 2 N–H and O–H groups in total. The van der Waals surface area contributed by atoms with Gasteiger partial charge in [0.05, 0.1) is 6.61 Å². The van der Waals surface area contributed by atoms with Gasteiger partial charge in [0.2, 0.25) is 0 Å². The molecular formula is C15H25N3O2. The number of benzene rings is 1. The number of hydrogen-bond donors (Lipinski definition) is 1. The highest BCUT2D eigenvalue weighted by Gasteiger charge is 2.17. The lowest BCUT2D eigenvalue weighted by molar-refractivity contribution is -0.0173. The van der Waals surface area contributed by atoms with E-state index < -0.39 is 0 Å². The third kappa shape index (κ3) is 4.10.